The maximum absolute atomic E-state index is 14.4. The molecule has 3 N–H and O–H groups in total. The van der Waals surface area contributed by atoms with E-state index in [0.29, 0.717) is 30.7 Å². The van der Waals surface area contributed by atoms with Gasteiger partial charge >= 0.3 is 13.3 Å². The van der Waals surface area contributed by atoms with Crippen LogP contribution in [0.5, 0.6) is 0 Å². The van der Waals surface area contributed by atoms with E-state index in [-0.39, 0.29) is 47.3 Å². The first kappa shape index (κ1) is 35.7. The van der Waals surface area contributed by atoms with Crippen molar-refractivity contribution in [3.05, 3.63) is 106 Å². The van der Waals surface area contributed by atoms with E-state index in [0.717, 1.165) is 41.2 Å². The van der Waals surface area contributed by atoms with E-state index >= 15 is 0 Å². The first-order valence-electron chi connectivity index (χ1n) is 15.7. The van der Waals surface area contributed by atoms with Crippen molar-refractivity contribution in [3.63, 3.8) is 0 Å². The molecule has 2 saturated heterocycles. The number of carbonyl (C=O) groups is 3. The number of benzene rings is 3. The van der Waals surface area contributed by atoms with Crippen molar-refractivity contribution >= 4 is 46.7 Å². The zero-order valence-corrected chi connectivity index (χ0v) is 28.0. The van der Waals surface area contributed by atoms with E-state index in [9.17, 15) is 36.5 Å². The van der Waals surface area contributed by atoms with Gasteiger partial charge in [-0.2, -0.15) is 8.78 Å². The van der Waals surface area contributed by atoms with Crippen molar-refractivity contribution in [1.29, 1.82) is 0 Å². The molecule has 3 amide bonds. The lowest BCUT2D eigenvalue weighted by Gasteiger charge is -2.37. The van der Waals surface area contributed by atoms with Crippen molar-refractivity contribution in [3.8, 4) is 0 Å². The van der Waals surface area contributed by atoms with Gasteiger partial charge in [0.25, 0.3) is 5.91 Å². The van der Waals surface area contributed by atoms with E-state index in [1.165, 1.54) is 23.1 Å². The van der Waals surface area contributed by atoms with Crippen LogP contribution in [0.1, 0.15) is 45.3 Å². The molecule has 0 saturated carbocycles. The van der Waals surface area contributed by atoms with Crippen LogP contribution in [0.25, 0.3) is 10.1 Å². The number of halogens is 4. The quantitative estimate of drug-likeness (QED) is 0.156. The first-order valence-corrected chi connectivity index (χ1v) is 18.1. The average molecular weight is 734 g/mol. The van der Waals surface area contributed by atoms with E-state index in [2.05, 4.69) is 5.32 Å². The zero-order chi connectivity index (χ0) is 35.8. The Kier molecular flexibility index (Phi) is 10.2. The third-order valence-corrected chi connectivity index (χ3v) is 11.0. The summed E-state index contributed by atoms with van der Waals surface area (Å²) in [6, 6.07) is 14.5. The Morgan fingerprint density at radius 1 is 1.00 bits per heavy atom. The molecule has 0 aliphatic carbocycles. The van der Waals surface area contributed by atoms with Crippen LogP contribution in [0.15, 0.2) is 72.8 Å². The summed E-state index contributed by atoms with van der Waals surface area (Å²) >= 11 is 0.893. The fraction of sp³-hybridized carbons (Fsp3) is 0.324. The maximum Gasteiger partial charge on any atom is 0.399 e. The Labute approximate surface area is 287 Å². The van der Waals surface area contributed by atoms with E-state index in [4.69, 9.17) is 14.5 Å². The number of morpholine rings is 1. The molecule has 6 rings (SSSR count). The van der Waals surface area contributed by atoms with Gasteiger partial charge in [-0.25, -0.2) is 8.78 Å². The minimum absolute atomic E-state index is 0.00551. The molecule has 0 radical (unpaired) electrons. The van der Waals surface area contributed by atoms with Crippen LogP contribution in [-0.4, -0.2) is 75.6 Å². The van der Waals surface area contributed by atoms with Gasteiger partial charge in [-0.3, -0.25) is 18.9 Å². The maximum atomic E-state index is 14.4. The molecule has 3 aromatic carbocycles. The van der Waals surface area contributed by atoms with Gasteiger partial charge in [0.2, 0.25) is 11.8 Å². The number of fused-ring (bicyclic) bond motifs is 1. The Morgan fingerprint density at radius 3 is 2.48 bits per heavy atom. The Balaban J connectivity index is 1.24. The number of hydrogen-bond donors (Lipinski definition) is 3. The normalized spacial score (nSPS) is 19.1. The molecule has 1 aromatic heterocycles. The molecule has 0 bridgehead atoms. The van der Waals surface area contributed by atoms with Crippen LogP contribution in [0.4, 0.5) is 17.6 Å². The van der Waals surface area contributed by atoms with Crippen LogP contribution in [0.2, 0.25) is 0 Å². The number of thiophene rings is 1. The largest absolute Gasteiger partial charge is 0.399 e. The fourth-order valence-electron chi connectivity index (χ4n) is 6.26. The first-order chi connectivity index (χ1) is 23.7. The zero-order valence-electron chi connectivity index (χ0n) is 26.3. The summed E-state index contributed by atoms with van der Waals surface area (Å²) in [4.78, 5) is 62.9. The molecule has 0 spiro atoms. The number of amides is 3. The van der Waals surface area contributed by atoms with Gasteiger partial charge in [-0.1, -0.05) is 42.5 Å². The van der Waals surface area contributed by atoms with Crippen LogP contribution in [0, 0.1) is 11.6 Å². The van der Waals surface area contributed by atoms with Gasteiger partial charge in [-0.05, 0) is 59.7 Å². The second-order valence-electron chi connectivity index (χ2n) is 12.2. The van der Waals surface area contributed by atoms with E-state index < -0.39 is 54.4 Å². The highest BCUT2D eigenvalue weighted by atomic mass is 32.1. The summed E-state index contributed by atoms with van der Waals surface area (Å²) in [7, 11) is -5.84. The third-order valence-electron chi connectivity index (χ3n) is 8.85. The molecule has 3 atom stereocenters. The molecular weight excluding hydrogens is 701 g/mol. The number of nitrogens with one attached hydrogen (secondary N) is 1. The lowest BCUT2D eigenvalue weighted by molar-refractivity contribution is -0.149. The molecule has 16 heteroatoms. The summed E-state index contributed by atoms with van der Waals surface area (Å²) in [5.41, 5.74) is -4.29. The van der Waals surface area contributed by atoms with Crippen molar-refractivity contribution in [2.75, 3.05) is 26.2 Å². The molecule has 4 aromatic rings. The molecule has 3 heterocycles. The Morgan fingerprint density at radius 2 is 1.76 bits per heavy atom. The predicted molar refractivity (Wildman–Crippen MR) is 176 cm³/mol. The molecule has 264 valence electrons. The van der Waals surface area contributed by atoms with E-state index in [1.54, 1.807) is 4.90 Å². The fourth-order valence-corrected chi connectivity index (χ4v) is 7.68. The summed E-state index contributed by atoms with van der Waals surface area (Å²) < 4.78 is 74.3. The predicted octanol–water partition coefficient (Wildman–Crippen LogP) is 5.34. The lowest BCUT2D eigenvalue weighted by atomic mass is 10.0. The van der Waals surface area contributed by atoms with Gasteiger partial charge in [0.05, 0.1) is 18.0 Å². The van der Waals surface area contributed by atoms with Crippen LogP contribution < -0.4 is 5.32 Å². The summed E-state index contributed by atoms with van der Waals surface area (Å²) in [5, 5.41) is 2.75. The van der Waals surface area contributed by atoms with Gasteiger partial charge in [0.15, 0.2) is 11.6 Å². The number of hydrogen-bond acceptors (Lipinski definition) is 6. The van der Waals surface area contributed by atoms with Gasteiger partial charge < -0.3 is 29.6 Å². The van der Waals surface area contributed by atoms with Gasteiger partial charge in [0, 0.05) is 29.8 Å². The summed E-state index contributed by atoms with van der Waals surface area (Å²) in [6.07, 6.45) is 0.288. The Bertz CT molecular complexity index is 1970. The molecule has 2 fully saturated rings. The highest BCUT2D eigenvalue weighted by Gasteiger charge is 2.50. The topological polar surface area (TPSA) is 136 Å². The van der Waals surface area contributed by atoms with Gasteiger partial charge in [0.1, 0.15) is 18.2 Å². The van der Waals surface area contributed by atoms with Crippen molar-refractivity contribution in [2.45, 2.75) is 43.1 Å². The monoisotopic (exact) mass is 733 g/mol. The number of ether oxygens (including phenoxy) is 1. The number of rotatable bonds is 9. The minimum Gasteiger partial charge on any atom is -0.370 e. The second-order valence-corrected chi connectivity index (χ2v) is 14.9. The molecule has 3 unspecified atom stereocenters. The SMILES string of the molecule is O=C(NC(Cc1ccc(F)c(F)c1)C(=O)N1CCCC1C(=O)N1CCOC(c2ccccc2)C1)c1cc2cc(C(F)(F)P(=O)(O)O)ccc2s1. The molecular formula is C34H32F4N3O7PS. The van der Waals surface area contributed by atoms with Crippen molar-refractivity contribution in [1.82, 2.24) is 15.1 Å². The molecule has 50 heavy (non-hydrogen) atoms. The Hall–Kier alpha value is -4.14. The minimum atomic E-state index is -5.84. The van der Waals surface area contributed by atoms with E-state index in [1.807, 2.05) is 30.3 Å². The summed E-state index contributed by atoms with van der Waals surface area (Å²) in [5.74, 6) is -3.92. The van der Waals surface area contributed by atoms with Crippen LogP contribution >= 0.6 is 18.9 Å². The molecule has 10 nitrogen and oxygen atoms in total. The third kappa shape index (κ3) is 7.33. The van der Waals surface area contributed by atoms with Crippen LogP contribution in [0.3, 0.4) is 0 Å². The average Bonchev–Trinajstić information content (AvgIpc) is 3.77. The smallest absolute Gasteiger partial charge is 0.370 e. The van der Waals surface area contributed by atoms with Crippen molar-refractivity contribution in [2.24, 2.45) is 0 Å². The standard InChI is InChI=1S/C34H32F4N3O7PS/c35-24-10-8-20(15-25(24)36)16-26(39-31(42)30-18-22-17-23(9-11-29(22)50-30)34(37,38)49(45,46)47)32(43)41-12-4-7-27(41)33(44)40-13-14-48-28(19-40)21-5-2-1-3-6-21/h1-3,5-6,8-11,15,17-18,26-28H,4,7,12-14,16,19H2,(H,39,42)(H2,45,46,47). The molecule has 2 aliphatic rings. The molecule has 2 aliphatic heterocycles. The number of likely N-dealkylation sites (tertiary alicyclic amines) is 1. The highest BCUT2D eigenvalue weighted by Crippen LogP contribution is 2.59. The number of nitrogens with zero attached hydrogens (tertiary/aromatic N) is 2. The second kappa shape index (κ2) is 14.2. The number of carbonyl (C=O) groups excluding carboxylic acids is 3. The van der Waals surface area contributed by atoms with Crippen molar-refractivity contribution < 1.29 is 51.0 Å². The number of alkyl halides is 2. The highest BCUT2D eigenvalue weighted by molar-refractivity contribution is 7.52. The van der Waals surface area contributed by atoms with Crippen LogP contribution in [-0.2, 0) is 31.0 Å². The van der Waals surface area contributed by atoms with Gasteiger partial charge in [-0.15, -0.1) is 11.3 Å². The summed E-state index contributed by atoms with van der Waals surface area (Å²) in [6.45, 7) is 1.12. The lowest BCUT2D eigenvalue weighted by Crippen LogP contribution is -2.56.